The predicted octanol–water partition coefficient (Wildman–Crippen LogP) is 5.11. The maximum Gasteiger partial charge on any atom is 0.335 e. The van der Waals surface area contributed by atoms with Gasteiger partial charge in [-0.2, -0.15) is 0 Å². The molecule has 31 heavy (non-hydrogen) atoms. The van der Waals surface area contributed by atoms with Crippen LogP contribution in [-0.2, 0) is 13.1 Å². The second-order valence-corrected chi connectivity index (χ2v) is 7.58. The third-order valence-electron chi connectivity index (χ3n) is 4.99. The monoisotopic (exact) mass is 436 g/mol. The zero-order valence-corrected chi connectivity index (χ0v) is 17.1. The molecule has 0 aliphatic heterocycles. The van der Waals surface area contributed by atoms with E-state index in [1.807, 2.05) is 22.9 Å². The maximum atomic E-state index is 14.2. The normalized spacial score (nSPS) is 10.9. The Labute approximate surface area is 182 Å². The molecule has 0 radical (unpaired) electrons. The number of benzene rings is 3. The minimum absolute atomic E-state index is 0.168. The van der Waals surface area contributed by atoms with Gasteiger partial charge in [-0.1, -0.05) is 35.9 Å². The summed E-state index contributed by atoms with van der Waals surface area (Å²) in [6.07, 6.45) is 1.82. The molecule has 1 amide bonds. The number of nitrogens with one attached hydrogen (secondary N) is 1. The molecule has 0 aliphatic rings. The highest BCUT2D eigenvalue weighted by Gasteiger charge is 2.16. The van der Waals surface area contributed by atoms with E-state index in [1.165, 1.54) is 24.3 Å². The third-order valence-corrected chi connectivity index (χ3v) is 5.24. The number of halogens is 2. The maximum absolute atomic E-state index is 14.2. The summed E-state index contributed by atoms with van der Waals surface area (Å²) in [5.74, 6) is -1.92. The number of hydrogen-bond acceptors (Lipinski definition) is 2. The number of nitrogens with zero attached hydrogens (tertiary/aromatic N) is 1. The van der Waals surface area contributed by atoms with Crippen LogP contribution in [0.5, 0.6) is 0 Å². The van der Waals surface area contributed by atoms with E-state index >= 15 is 0 Å². The molecule has 0 bridgehead atoms. The van der Waals surface area contributed by atoms with Crippen LogP contribution in [0.1, 0.15) is 31.8 Å². The third kappa shape index (κ3) is 4.59. The van der Waals surface area contributed by atoms with Gasteiger partial charge in [0.15, 0.2) is 0 Å². The van der Waals surface area contributed by atoms with E-state index < -0.39 is 17.7 Å². The molecular weight excluding hydrogens is 419 g/mol. The van der Waals surface area contributed by atoms with Crippen LogP contribution in [0.4, 0.5) is 4.39 Å². The highest BCUT2D eigenvalue weighted by molar-refractivity contribution is 6.30. The number of amides is 1. The number of fused-ring (bicyclic) bond motifs is 1. The molecule has 7 heteroatoms. The van der Waals surface area contributed by atoms with Crippen molar-refractivity contribution in [1.29, 1.82) is 0 Å². The van der Waals surface area contributed by atoms with Gasteiger partial charge < -0.3 is 15.0 Å². The van der Waals surface area contributed by atoms with E-state index in [2.05, 4.69) is 5.32 Å². The van der Waals surface area contributed by atoms with Gasteiger partial charge in [-0.05, 0) is 53.6 Å². The lowest BCUT2D eigenvalue weighted by Crippen LogP contribution is -2.23. The van der Waals surface area contributed by atoms with E-state index in [0.717, 1.165) is 11.1 Å². The number of carbonyl (C=O) groups is 2. The Kier molecular flexibility index (Phi) is 5.73. The largest absolute Gasteiger partial charge is 0.478 e. The first-order valence-electron chi connectivity index (χ1n) is 9.54. The van der Waals surface area contributed by atoms with E-state index in [9.17, 15) is 14.0 Å². The summed E-state index contributed by atoms with van der Waals surface area (Å²) in [6.45, 7) is 0.692. The van der Waals surface area contributed by atoms with Crippen molar-refractivity contribution in [3.05, 3.63) is 106 Å². The predicted molar refractivity (Wildman–Crippen MR) is 117 cm³/mol. The first-order valence-corrected chi connectivity index (χ1v) is 9.92. The van der Waals surface area contributed by atoms with Gasteiger partial charge in [0.1, 0.15) is 5.82 Å². The quantitative estimate of drug-likeness (QED) is 0.441. The van der Waals surface area contributed by atoms with Crippen LogP contribution < -0.4 is 5.32 Å². The molecule has 0 unspecified atom stereocenters. The first kappa shape index (κ1) is 20.6. The molecule has 1 heterocycles. The number of aromatic carboxylic acids is 1. The lowest BCUT2D eigenvalue weighted by molar-refractivity contribution is 0.0696. The Bertz CT molecular complexity index is 1260. The molecule has 4 rings (SSSR count). The minimum Gasteiger partial charge on any atom is -0.478 e. The molecule has 1 aromatic heterocycles. The number of rotatable bonds is 6. The molecule has 0 atom stereocenters. The van der Waals surface area contributed by atoms with Crippen molar-refractivity contribution in [1.82, 2.24) is 9.88 Å². The fraction of sp³-hybridized carbons (Fsp3) is 0.0833. The summed E-state index contributed by atoms with van der Waals surface area (Å²) < 4.78 is 16.1. The Balaban J connectivity index is 1.59. The first-order chi connectivity index (χ1) is 14.9. The summed E-state index contributed by atoms with van der Waals surface area (Å²) in [5, 5.41) is 13.0. The van der Waals surface area contributed by atoms with Crippen LogP contribution in [0.15, 0.2) is 72.9 Å². The summed E-state index contributed by atoms with van der Waals surface area (Å²) >= 11 is 5.95. The topological polar surface area (TPSA) is 71.3 Å². The molecule has 4 aromatic rings. The Morgan fingerprint density at radius 2 is 1.65 bits per heavy atom. The van der Waals surface area contributed by atoms with Gasteiger partial charge in [0.05, 0.1) is 16.6 Å². The van der Waals surface area contributed by atoms with Crippen LogP contribution in [0, 0.1) is 5.82 Å². The fourth-order valence-electron chi connectivity index (χ4n) is 3.45. The van der Waals surface area contributed by atoms with Gasteiger partial charge in [0.2, 0.25) is 0 Å². The molecule has 156 valence electrons. The van der Waals surface area contributed by atoms with Crippen molar-refractivity contribution >= 4 is 34.4 Å². The van der Waals surface area contributed by atoms with Gasteiger partial charge in [0, 0.05) is 29.7 Å². The van der Waals surface area contributed by atoms with Crippen LogP contribution in [0.25, 0.3) is 10.9 Å². The second-order valence-electron chi connectivity index (χ2n) is 7.15. The van der Waals surface area contributed by atoms with Crippen LogP contribution in [0.3, 0.4) is 0 Å². The van der Waals surface area contributed by atoms with Crippen LogP contribution in [-0.4, -0.2) is 21.6 Å². The van der Waals surface area contributed by atoms with Gasteiger partial charge in [-0.15, -0.1) is 0 Å². The number of carboxylic acid groups (broad SMARTS) is 1. The van der Waals surface area contributed by atoms with Gasteiger partial charge in [0.25, 0.3) is 5.91 Å². The minimum atomic E-state index is -1.01. The Morgan fingerprint density at radius 1 is 0.968 bits per heavy atom. The van der Waals surface area contributed by atoms with Crippen molar-refractivity contribution in [2.75, 3.05) is 0 Å². The smallest absolute Gasteiger partial charge is 0.335 e. The molecule has 5 nitrogen and oxygen atoms in total. The summed E-state index contributed by atoms with van der Waals surface area (Å²) in [7, 11) is 0. The van der Waals surface area contributed by atoms with Crippen molar-refractivity contribution in [3.63, 3.8) is 0 Å². The van der Waals surface area contributed by atoms with E-state index in [1.54, 1.807) is 30.3 Å². The second kappa shape index (κ2) is 8.62. The molecule has 3 aromatic carbocycles. The van der Waals surface area contributed by atoms with Crippen LogP contribution in [0.2, 0.25) is 5.02 Å². The number of carboxylic acids is 1. The molecule has 0 fully saturated rings. The van der Waals surface area contributed by atoms with E-state index in [-0.39, 0.29) is 17.7 Å². The van der Waals surface area contributed by atoms with Gasteiger partial charge in [-0.3, -0.25) is 4.79 Å². The fourth-order valence-corrected chi connectivity index (χ4v) is 3.57. The number of carbonyl (C=O) groups excluding carboxylic acids is 1. The highest BCUT2D eigenvalue weighted by Crippen LogP contribution is 2.24. The summed E-state index contributed by atoms with van der Waals surface area (Å²) in [6, 6.07) is 18.0. The summed E-state index contributed by atoms with van der Waals surface area (Å²) in [4.78, 5) is 23.9. The summed E-state index contributed by atoms with van der Waals surface area (Å²) in [5.41, 5.74) is 2.77. The average molecular weight is 437 g/mol. The lowest BCUT2D eigenvalue weighted by Gasteiger charge is -2.11. The Hall–Kier alpha value is -3.64. The average Bonchev–Trinajstić information content (AvgIpc) is 3.15. The number of aromatic nitrogens is 1. The number of hydrogen-bond donors (Lipinski definition) is 2. The SMILES string of the molecule is O=C(O)c1ccc(CNC(=O)c2cc(F)cc3ccn(Cc4ccc(Cl)cc4)c23)cc1. The van der Waals surface area contributed by atoms with Gasteiger partial charge in [-0.25, -0.2) is 9.18 Å². The van der Waals surface area contributed by atoms with Gasteiger partial charge >= 0.3 is 5.97 Å². The molecule has 2 N–H and O–H groups in total. The highest BCUT2D eigenvalue weighted by atomic mass is 35.5. The van der Waals surface area contributed by atoms with Crippen molar-refractivity contribution in [3.8, 4) is 0 Å². The van der Waals surface area contributed by atoms with Crippen molar-refractivity contribution in [2.24, 2.45) is 0 Å². The van der Waals surface area contributed by atoms with Crippen LogP contribution >= 0.6 is 11.6 Å². The molecular formula is C24H18ClFN2O3. The Morgan fingerprint density at radius 3 is 2.32 bits per heavy atom. The zero-order chi connectivity index (χ0) is 22.0. The lowest BCUT2D eigenvalue weighted by atomic mass is 10.1. The standard InChI is InChI=1S/C24H18ClFN2O3/c25-19-7-3-16(4-8-19)14-28-10-9-18-11-20(26)12-21(22(18)28)23(29)27-13-15-1-5-17(6-2-15)24(30)31/h1-12H,13-14H2,(H,27,29)(H,30,31). The molecule has 0 saturated heterocycles. The van der Waals surface area contributed by atoms with E-state index in [0.29, 0.717) is 22.5 Å². The molecule has 0 spiro atoms. The van der Waals surface area contributed by atoms with E-state index in [4.69, 9.17) is 16.7 Å². The zero-order valence-electron chi connectivity index (χ0n) is 16.3. The molecule has 0 saturated carbocycles. The van der Waals surface area contributed by atoms with Crippen molar-refractivity contribution < 1.29 is 19.1 Å². The van der Waals surface area contributed by atoms with Crippen molar-refractivity contribution in [2.45, 2.75) is 13.1 Å². The molecule has 0 aliphatic carbocycles.